The predicted molar refractivity (Wildman–Crippen MR) is 55.6 cm³/mol. The lowest BCUT2D eigenvalue weighted by Gasteiger charge is -1.92. The molecule has 0 spiro atoms. The van der Waals surface area contributed by atoms with E-state index in [1.807, 2.05) is 0 Å². The van der Waals surface area contributed by atoms with Gasteiger partial charge in [0.15, 0.2) is 6.61 Å². The van der Waals surface area contributed by atoms with Gasteiger partial charge in [0.25, 0.3) is 5.19 Å². The highest BCUT2D eigenvalue weighted by atomic mass is 32.1. The van der Waals surface area contributed by atoms with Gasteiger partial charge < -0.3 is 4.74 Å². The molecule has 0 unspecified atom stereocenters. The molecule has 0 bridgehead atoms. The van der Waals surface area contributed by atoms with Crippen LogP contribution in [0, 0.1) is 35.0 Å². The third-order valence-corrected chi connectivity index (χ3v) is 2.17. The molecule has 1 aromatic heterocycles. The second kappa shape index (κ2) is 5.44. The molecule has 1 aromatic rings. The van der Waals surface area contributed by atoms with Crippen molar-refractivity contribution < 1.29 is 4.74 Å². The zero-order valence-corrected chi connectivity index (χ0v) is 8.41. The lowest BCUT2D eigenvalue weighted by molar-refractivity contribution is 0.368. The van der Waals surface area contributed by atoms with Crippen molar-refractivity contribution in [3.63, 3.8) is 0 Å². The molecule has 0 saturated heterocycles. The van der Waals surface area contributed by atoms with E-state index in [1.54, 1.807) is 12.1 Å². The summed E-state index contributed by atoms with van der Waals surface area (Å²) in [4.78, 5) is 4.59. The number of nitrogens with zero attached hydrogens (tertiary/aromatic N) is 3. The van der Waals surface area contributed by atoms with Crippen molar-refractivity contribution in [1.29, 1.82) is 10.5 Å². The van der Waals surface area contributed by atoms with Gasteiger partial charge in [-0.3, -0.25) is 0 Å². The van der Waals surface area contributed by atoms with Gasteiger partial charge in [-0.25, -0.2) is 4.98 Å². The number of allylic oxidation sites excluding steroid dienone is 1. The van der Waals surface area contributed by atoms with Crippen LogP contribution >= 0.6 is 11.3 Å². The maximum absolute atomic E-state index is 8.52. The van der Waals surface area contributed by atoms with Crippen LogP contribution in [-0.4, -0.2) is 11.6 Å². The van der Waals surface area contributed by atoms with Crippen molar-refractivity contribution in [2.75, 3.05) is 6.61 Å². The fraction of sp³-hybridized carbons (Fsp3) is 0.100. The first kappa shape index (κ1) is 10.8. The molecule has 0 saturated carbocycles. The molecular formula is C10H5N3OS. The molecule has 0 fully saturated rings. The summed E-state index contributed by atoms with van der Waals surface area (Å²) in [5.74, 6) is 2.31. The minimum Gasteiger partial charge on any atom is -0.457 e. The number of rotatable bonds is 3. The molecule has 72 valence electrons. The Balaban J connectivity index is 2.79. The van der Waals surface area contributed by atoms with Crippen LogP contribution in [0.3, 0.4) is 0 Å². The van der Waals surface area contributed by atoms with Crippen LogP contribution in [0.4, 0.5) is 0 Å². The SMILES string of the molecule is C#CCOc1ncc(C=C(C#N)C#N)s1. The molecule has 5 heteroatoms. The maximum Gasteiger partial charge on any atom is 0.274 e. The molecule has 0 N–H and O–H groups in total. The minimum absolute atomic E-state index is 0.0298. The Hall–Kier alpha value is -2.29. The fourth-order valence-corrected chi connectivity index (χ4v) is 1.45. The Morgan fingerprint density at radius 1 is 1.60 bits per heavy atom. The molecule has 15 heavy (non-hydrogen) atoms. The largest absolute Gasteiger partial charge is 0.457 e. The lowest BCUT2D eigenvalue weighted by Crippen LogP contribution is -1.91. The van der Waals surface area contributed by atoms with Crippen LogP contribution in [-0.2, 0) is 0 Å². The third kappa shape index (κ3) is 3.15. The predicted octanol–water partition coefficient (Wildman–Crippen LogP) is 1.59. The molecule has 4 nitrogen and oxygen atoms in total. The van der Waals surface area contributed by atoms with Gasteiger partial charge in [-0.1, -0.05) is 17.3 Å². The monoisotopic (exact) mass is 215 g/mol. The molecule has 0 aliphatic carbocycles. The van der Waals surface area contributed by atoms with Crippen molar-refractivity contribution in [3.8, 4) is 29.7 Å². The average Bonchev–Trinajstić information content (AvgIpc) is 2.70. The second-order valence-electron chi connectivity index (χ2n) is 2.30. The summed E-state index contributed by atoms with van der Waals surface area (Å²) in [6, 6.07) is 3.52. The molecule has 0 aromatic carbocycles. The van der Waals surface area contributed by atoms with E-state index in [-0.39, 0.29) is 12.2 Å². The number of hydrogen-bond acceptors (Lipinski definition) is 5. The first-order valence-corrected chi connectivity index (χ1v) is 4.65. The van der Waals surface area contributed by atoms with Crippen LogP contribution in [0.5, 0.6) is 5.19 Å². The van der Waals surface area contributed by atoms with Gasteiger partial charge in [0.05, 0.1) is 4.88 Å². The molecule has 0 aliphatic heterocycles. The van der Waals surface area contributed by atoms with Crippen LogP contribution in [0.1, 0.15) is 4.88 Å². The topological polar surface area (TPSA) is 69.7 Å². The zero-order valence-electron chi connectivity index (χ0n) is 7.60. The fourth-order valence-electron chi connectivity index (χ4n) is 0.739. The van der Waals surface area contributed by atoms with Gasteiger partial charge in [-0.2, -0.15) is 10.5 Å². The normalized spacial score (nSPS) is 8.07. The summed E-state index contributed by atoms with van der Waals surface area (Å²) in [5.41, 5.74) is 0.0298. The summed E-state index contributed by atoms with van der Waals surface area (Å²) in [7, 11) is 0. The molecule has 0 amide bonds. The zero-order chi connectivity index (χ0) is 11.1. The number of terminal acetylenes is 1. The van der Waals surface area contributed by atoms with E-state index in [4.69, 9.17) is 21.7 Å². The van der Waals surface area contributed by atoms with Crippen LogP contribution in [0.2, 0.25) is 0 Å². The smallest absolute Gasteiger partial charge is 0.274 e. The average molecular weight is 215 g/mol. The van der Waals surface area contributed by atoms with Gasteiger partial charge in [0, 0.05) is 6.20 Å². The summed E-state index contributed by atoms with van der Waals surface area (Å²) in [5, 5.41) is 17.5. The highest BCUT2D eigenvalue weighted by Crippen LogP contribution is 2.22. The number of hydrogen-bond donors (Lipinski definition) is 0. The van der Waals surface area contributed by atoms with Crippen molar-refractivity contribution in [2.45, 2.75) is 0 Å². The lowest BCUT2D eigenvalue weighted by atomic mass is 10.3. The van der Waals surface area contributed by atoms with Gasteiger partial charge >= 0.3 is 0 Å². The highest BCUT2D eigenvalue weighted by molar-refractivity contribution is 7.14. The Kier molecular flexibility index (Phi) is 3.91. The number of ether oxygens (including phenoxy) is 1. The van der Waals surface area contributed by atoms with E-state index in [2.05, 4.69) is 10.9 Å². The third-order valence-electron chi connectivity index (χ3n) is 1.31. The van der Waals surface area contributed by atoms with E-state index in [0.717, 1.165) is 0 Å². The van der Waals surface area contributed by atoms with Crippen molar-refractivity contribution in [2.24, 2.45) is 0 Å². The first-order chi connectivity index (χ1) is 7.30. The maximum atomic E-state index is 8.52. The Morgan fingerprint density at radius 3 is 2.93 bits per heavy atom. The summed E-state index contributed by atoms with van der Waals surface area (Å²) < 4.78 is 5.06. The van der Waals surface area contributed by atoms with E-state index < -0.39 is 0 Å². The second-order valence-corrected chi connectivity index (χ2v) is 3.33. The van der Waals surface area contributed by atoms with Gasteiger partial charge in [0.2, 0.25) is 0 Å². The van der Waals surface area contributed by atoms with E-state index in [1.165, 1.54) is 23.6 Å². The Bertz CT molecular complexity index is 480. The quantitative estimate of drug-likeness (QED) is 0.567. The standard InChI is InChI=1S/C10H5N3OS/c1-2-3-14-10-13-7-9(15-10)4-8(5-11)6-12/h1,4,7H,3H2. The van der Waals surface area contributed by atoms with Gasteiger partial charge in [0.1, 0.15) is 17.7 Å². The summed E-state index contributed by atoms with van der Waals surface area (Å²) in [6.45, 7) is 0.153. The highest BCUT2D eigenvalue weighted by Gasteiger charge is 2.01. The molecule has 0 radical (unpaired) electrons. The molecule has 0 atom stereocenters. The van der Waals surface area contributed by atoms with E-state index >= 15 is 0 Å². The Labute approximate surface area is 91.1 Å². The van der Waals surface area contributed by atoms with Crippen molar-refractivity contribution in [3.05, 3.63) is 16.6 Å². The summed E-state index contributed by atoms with van der Waals surface area (Å²) in [6.07, 6.45) is 7.97. The van der Waals surface area contributed by atoms with Gasteiger partial charge in [-0.15, -0.1) is 6.42 Å². The molecule has 1 rings (SSSR count). The number of aromatic nitrogens is 1. The Morgan fingerprint density at radius 2 is 2.33 bits per heavy atom. The molecular weight excluding hydrogens is 210 g/mol. The summed E-state index contributed by atoms with van der Waals surface area (Å²) >= 11 is 1.22. The molecule has 0 aliphatic rings. The van der Waals surface area contributed by atoms with Gasteiger partial charge in [-0.05, 0) is 6.08 Å². The first-order valence-electron chi connectivity index (χ1n) is 3.84. The van der Waals surface area contributed by atoms with E-state index in [0.29, 0.717) is 10.1 Å². The van der Waals surface area contributed by atoms with E-state index in [9.17, 15) is 0 Å². The number of nitriles is 2. The van der Waals surface area contributed by atoms with Crippen LogP contribution in [0.15, 0.2) is 11.8 Å². The number of thiazole rings is 1. The molecule has 1 heterocycles. The van der Waals surface area contributed by atoms with Crippen LogP contribution in [0.25, 0.3) is 6.08 Å². The van der Waals surface area contributed by atoms with Crippen molar-refractivity contribution >= 4 is 17.4 Å². The van der Waals surface area contributed by atoms with Crippen molar-refractivity contribution in [1.82, 2.24) is 4.98 Å². The van der Waals surface area contributed by atoms with Crippen LogP contribution < -0.4 is 4.74 Å². The minimum atomic E-state index is 0.0298.